The molecule has 1 amide bonds. The topological polar surface area (TPSA) is 100 Å². The summed E-state index contributed by atoms with van der Waals surface area (Å²) in [5, 5.41) is 2.96. The molecule has 1 aromatic carbocycles. The van der Waals surface area contributed by atoms with Gasteiger partial charge < -0.3 is 19.2 Å². The predicted octanol–water partition coefficient (Wildman–Crippen LogP) is 5.09. The van der Waals surface area contributed by atoms with Gasteiger partial charge in [-0.25, -0.2) is 15.0 Å². The van der Waals surface area contributed by atoms with E-state index in [1.54, 1.807) is 30.2 Å². The van der Waals surface area contributed by atoms with Gasteiger partial charge in [-0.15, -0.1) is 11.8 Å². The molecule has 1 fully saturated rings. The van der Waals surface area contributed by atoms with Crippen LogP contribution in [0.2, 0.25) is 18.1 Å². The highest BCUT2D eigenvalue weighted by atomic mass is 32.2. The first-order chi connectivity index (χ1) is 17.1. The highest BCUT2D eigenvalue weighted by Gasteiger charge is 2.42. The Balaban J connectivity index is 1.53. The predicted molar refractivity (Wildman–Crippen MR) is 145 cm³/mol. The number of carbonyl (C=O) groups is 1. The minimum atomic E-state index is -1.94. The molecule has 2 aromatic heterocycles. The number of benzene rings is 1. The molecule has 3 heterocycles. The van der Waals surface area contributed by atoms with Crippen LogP contribution in [0.5, 0.6) is 0 Å². The molecule has 0 aliphatic carbocycles. The van der Waals surface area contributed by atoms with Crippen LogP contribution >= 0.6 is 11.8 Å². The summed E-state index contributed by atoms with van der Waals surface area (Å²) in [5.41, 5.74) is 1.64. The molecule has 0 bridgehead atoms. The van der Waals surface area contributed by atoms with Gasteiger partial charge in [0.1, 0.15) is 18.7 Å². The standard InChI is InChI=1S/C25H35N5O4SSi/c1-25(2,3)36(5,6)33-13-19-18(32-16-35-4)12-20(34-19)30-15-28-21-22(26-14-27-23(21)30)29-24(31)17-10-8-7-9-11-17/h7-11,14-15,18-20H,12-13,16H2,1-6H3,(H,26,27,29,31)/t18-,19+,20+/m0/s1. The summed E-state index contributed by atoms with van der Waals surface area (Å²) in [6.07, 6.45) is 5.15. The fraction of sp³-hybridized carbons (Fsp3) is 0.520. The van der Waals surface area contributed by atoms with Crippen molar-refractivity contribution in [2.45, 2.75) is 63.8 Å². The van der Waals surface area contributed by atoms with Crippen LogP contribution in [0.3, 0.4) is 0 Å². The fourth-order valence-corrected chi connectivity index (χ4v) is 5.11. The number of nitrogens with one attached hydrogen (secondary N) is 1. The monoisotopic (exact) mass is 529 g/mol. The number of rotatable bonds is 9. The maximum atomic E-state index is 12.7. The van der Waals surface area contributed by atoms with Crippen molar-refractivity contribution < 1.29 is 18.7 Å². The number of imidazole rings is 1. The summed E-state index contributed by atoms with van der Waals surface area (Å²) in [6, 6.07) is 9.00. The molecular formula is C25H35N5O4SSi. The van der Waals surface area contributed by atoms with Crippen LogP contribution in [0, 0.1) is 0 Å². The van der Waals surface area contributed by atoms with Gasteiger partial charge in [-0.3, -0.25) is 9.36 Å². The molecule has 0 radical (unpaired) electrons. The van der Waals surface area contributed by atoms with Crippen LogP contribution in [-0.2, 0) is 13.9 Å². The fourth-order valence-electron chi connectivity index (χ4n) is 3.78. The first kappa shape index (κ1) is 26.7. The SMILES string of the molecule is CSCO[C@H]1C[C@H](n2cnc3c(NC(=O)c4ccccc4)ncnc32)O[C@@H]1CO[Si](C)(C)C(C)(C)C. The van der Waals surface area contributed by atoms with Gasteiger partial charge in [-0.05, 0) is 36.5 Å². The molecule has 4 rings (SSSR count). The van der Waals surface area contributed by atoms with Crippen LogP contribution < -0.4 is 5.32 Å². The number of nitrogens with zero attached hydrogens (tertiary/aromatic N) is 4. The van der Waals surface area contributed by atoms with Gasteiger partial charge in [0.2, 0.25) is 0 Å². The van der Waals surface area contributed by atoms with Crippen molar-refractivity contribution in [1.29, 1.82) is 0 Å². The van der Waals surface area contributed by atoms with E-state index in [9.17, 15) is 4.79 Å². The summed E-state index contributed by atoms with van der Waals surface area (Å²) in [4.78, 5) is 25.9. The van der Waals surface area contributed by atoms with Crippen LogP contribution in [0.1, 0.15) is 43.8 Å². The van der Waals surface area contributed by atoms with Crippen molar-refractivity contribution >= 4 is 43.0 Å². The molecule has 3 aromatic rings. The first-order valence-corrected chi connectivity index (χ1v) is 16.3. The zero-order valence-electron chi connectivity index (χ0n) is 21.7. The Labute approximate surface area is 217 Å². The summed E-state index contributed by atoms with van der Waals surface area (Å²) in [6.45, 7) is 11.6. The average molecular weight is 530 g/mol. The lowest BCUT2D eigenvalue weighted by Gasteiger charge is -2.37. The number of hydrogen-bond acceptors (Lipinski definition) is 8. The molecule has 1 aliphatic rings. The van der Waals surface area contributed by atoms with E-state index in [1.165, 1.54) is 6.33 Å². The summed E-state index contributed by atoms with van der Waals surface area (Å²) >= 11 is 1.64. The van der Waals surface area contributed by atoms with E-state index in [0.717, 1.165) is 0 Å². The molecule has 1 aliphatic heterocycles. The number of anilines is 1. The Bertz CT molecular complexity index is 1180. The van der Waals surface area contributed by atoms with E-state index in [2.05, 4.69) is 54.1 Å². The van der Waals surface area contributed by atoms with E-state index in [0.29, 0.717) is 41.5 Å². The Morgan fingerprint density at radius 2 is 1.97 bits per heavy atom. The highest BCUT2D eigenvalue weighted by molar-refractivity contribution is 7.98. The molecule has 0 unspecified atom stereocenters. The van der Waals surface area contributed by atoms with E-state index in [4.69, 9.17) is 13.9 Å². The molecule has 0 spiro atoms. The Morgan fingerprint density at radius 1 is 1.22 bits per heavy atom. The average Bonchev–Trinajstić information content (AvgIpc) is 3.46. The number of hydrogen-bond donors (Lipinski definition) is 1. The molecule has 0 saturated carbocycles. The minimum Gasteiger partial charge on any atom is -0.414 e. The first-order valence-electron chi connectivity index (χ1n) is 12.0. The molecule has 1 N–H and O–H groups in total. The number of ether oxygens (including phenoxy) is 2. The van der Waals surface area contributed by atoms with Crippen molar-refractivity contribution in [3.63, 3.8) is 0 Å². The van der Waals surface area contributed by atoms with Crippen molar-refractivity contribution in [3.05, 3.63) is 48.5 Å². The van der Waals surface area contributed by atoms with Gasteiger partial charge in [-0.2, -0.15) is 0 Å². The Kier molecular flexibility index (Phi) is 8.15. The number of fused-ring (bicyclic) bond motifs is 1. The molecule has 36 heavy (non-hydrogen) atoms. The quantitative estimate of drug-likeness (QED) is 0.302. The number of aromatic nitrogens is 4. The number of thioether (sulfide) groups is 1. The number of carbonyl (C=O) groups excluding carboxylic acids is 1. The molecular weight excluding hydrogens is 494 g/mol. The van der Waals surface area contributed by atoms with Crippen LogP contribution in [0.15, 0.2) is 43.0 Å². The summed E-state index contributed by atoms with van der Waals surface area (Å²) in [5.74, 6) is 0.689. The van der Waals surface area contributed by atoms with Gasteiger partial charge in [-0.1, -0.05) is 39.0 Å². The van der Waals surface area contributed by atoms with E-state index < -0.39 is 8.32 Å². The van der Waals surface area contributed by atoms with Gasteiger partial charge >= 0.3 is 0 Å². The van der Waals surface area contributed by atoms with Gasteiger partial charge in [0, 0.05) is 12.0 Å². The van der Waals surface area contributed by atoms with Crippen molar-refractivity contribution in [1.82, 2.24) is 19.5 Å². The molecule has 1 saturated heterocycles. The lowest BCUT2D eigenvalue weighted by Crippen LogP contribution is -2.44. The van der Waals surface area contributed by atoms with Crippen molar-refractivity contribution in [2.24, 2.45) is 0 Å². The smallest absolute Gasteiger partial charge is 0.256 e. The number of amides is 1. The van der Waals surface area contributed by atoms with Gasteiger partial charge in [0.05, 0.1) is 25.0 Å². The van der Waals surface area contributed by atoms with Crippen LogP contribution in [-0.4, -0.2) is 64.8 Å². The third-order valence-electron chi connectivity index (χ3n) is 6.93. The lowest BCUT2D eigenvalue weighted by atomic mass is 10.2. The van der Waals surface area contributed by atoms with Gasteiger partial charge in [0.25, 0.3) is 5.91 Å². The van der Waals surface area contributed by atoms with E-state index in [1.807, 2.05) is 29.0 Å². The summed E-state index contributed by atoms with van der Waals surface area (Å²) in [7, 11) is -1.94. The third kappa shape index (κ3) is 5.81. The highest BCUT2D eigenvalue weighted by Crippen LogP contribution is 2.39. The normalized spacial score (nSPS) is 20.7. The zero-order chi connectivity index (χ0) is 25.9. The third-order valence-corrected chi connectivity index (χ3v) is 11.8. The molecule has 194 valence electrons. The maximum absolute atomic E-state index is 12.7. The second kappa shape index (κ2) is 11.0. The summed E-state index contributed by atoms with van der Waals surface area (Å²) < 4.78 is 21.0. The maximum Gasteiger partial charge on any atom is 0.256 e. The molecule has 3 atom stereocenters. The lowest BCUT2D eigenvalue weighted by molar-refractivity contribution is -0.0507. The van der Waals surface area contributed by atoms with E-state index in [-0.39, 0.29) is 29.4 Å². The molecule has 9 nitrogen and oxygen atoms in total. The van der Waals surface area contributed by atoms with Crippen LogP contribution in [0.25, 0.3) is 11.2 Å². The Morgan fingerprint density at radius 3 is 2.67 bits per heavy atom. The minimum absolute atomic E-state index is 0.108. The van der Waals surface area contributed by atoms with Crippen molar-refractivity contribution in [3.8, 4) is 0 Å². The second-order valence-corrected chi connectivity index (χ2v) is 16.0. The van der Waals surface area contributed by atoms with Crippen LogP contribution in [0.4, 0.5) is 5.82 Å². The molecule has 11 heteroatoms. The van der Waals surface area contributed by atoms with Gasteiger partial charge in [0.15, 0.2) is 25.3 Å². The largest absolute Gasteiger partial charge is 0.414 e. The second-order valence-electron chi connectivity index (χ2n) is 10.4. The van der Waals surface area contributed by atoms with E-state index >= 15 is 0 Å². The Hall–Kier alpha value is -2.31. The zero-order valence-corrected chi connectivity index (χ0v) is 23.5. The van der Waals surface area contributed by atoms with Crippen molar-refractivity contribution in [2.75, 3.05) is 24.1 Å².